The number of hydrogen-bond donors (Lipinski definition) is 2. The highest BCUT2D eigenvalue weighted by atomic mass is 35.5. The molecule has 108 valence electrons. The Morgan fingerprint density at radius 1 is 1.29 bits per heavy atom. The van der Waals surface area contributed by atoms with E-state index in [0.29, 0.717) is 34.1 Å². The van der Waals surface area contributed by atoms with Gasteiger partial charge in [0, 0.05) is 23.2 Å². The van der Waals surface area contributed by atoms with Crippen molar-refractivity contribution in [3.8, 4) is 17.6 Å². The predicted molar refractivity (Wildman–Crippen MR) is 83.2 cm³/mol. The highest BCUT2D eigenvalue weighted by Gasteiger charge is 2.09. The smallest absolute Gasteiger partial charge is 0.143 e. The maximum Gasteiger partial charge on any atom is 0.143 e. The topological polar surface area (TPSA) is 65.3 Å². The van der Waals surface area contributed by atoms with Gasteiger partial charge in [0.05, 0.1) is 29.5 Å². The first-order valence-corrected chi connectivity index (χ1v) is 6.79. The Balaban J connectivity index is 2.23. The number of aromatic hydroxyl groups is 1. The number of hydrogen-bond acceptors (Lipinski definition) is 4. The van der Waals surface area contributed by atoms with Gasteiger partial charge < -0.3 is 15.2 Å². The fourth-order valence-corrected chi connectivity index (χ4v) is 2.39. The molecule has 0 saturated heterocycles. The normalized spacial score (nSPS) is 10.0. The van der Waals surface area contributed by atoms with E-state index in [1.165, 1.54) is 13.2 Å². The zero-order valence-corrected chi connectivity index (χ0v) is 12.7. The average molecular weight is 323 g/mol. The highest BCUT2D eigenvalue weighted by molar-refractivity contribution is 6.35. The molecule has 0 unspecified atom stereocenters. The fourth-order valence-electron chi connectivity index (χ4n) is 1.85. The van der Waals surface area contributed by atoms with E-state index < -0.39 is 0 Å². The van der Waals surface area contributed by atoms with Gasteiger partial charge >= 0.3 is 0 Å². The summed E-state index contributed by atoms with van der Waals surface area (Å²) >= 11 is 11.8. The predicted octanol–water partition coefficient (Wildman–Crippen LogP) is 4.19. The summed E-state index contributed by atoms with van der Waals surface area (Å²) in [6.07, 6.45) is 0. The van der Waals surface area contributed by atoms with Crippen LogP contribution in [0, 0.1) is 11.3 Å². The Labute approximate surface area is 132 Å². The van der Waals surface area contributed by atoms with Crippen LogP contribution in [0.25, 0.3) is 0 Å². The number of nitrogens with zero attached hydrogens (tertiary/aromatic N) is 1. The Bertz CT molecular complexity index is 712. The second-order valence-corrected chi connectivity index (χ2v) is 5.12. The highest BCUT2D eigenvalue weighted by Crippen LogP contribution is 2.32. The number of phenolic OH excluding ortho intramolecular Hbond substituents is 1. The molecule has 2 aromatic carbocycles. The maximum atomic E-state index is 9.90. The average Bonchev–Trinajstić information content (AvgIpc) is 2.49. The zero-order valence-electron chi connectivity index (χ0n) is 11.2. The van der Waals surface area contributed by atoms with E-state index in [9.17, 15) is 5.11 Å². The van der Waals surface area contributed by atoms with Crippen LogP contribution in [0.2, 0.25) is 10.0 Å². The maximum absolute atomic E-state index is 9.90. The summed E-state index contributed by atoms with van der Waals surface area (Å²) in [5.41, 5.74) is 1.77. The summed E-state index contributed by atoms with van der Waals surface area (Å²) < 4.78 is 5.23. The number of anilines is 1. The molecule has 0 aromatic heterocycles. The van der Waals surface area contributed by atoms with Crippen molar-refractivity contribution in [1.82, 2.24) is 0 Å². The first-order chi connectivity index (χ1) is 10.0. The molecule has 0 spiro atoms. The van der Waals surface area contributed by atoms with Crippen LogP contribution < -0.4 is 10.1 Å². The number of nitrogens with one attached hydrogen (secondary N) is 1. The van der Waals surface area contributed by atoms with Gasteiger partial charge in [-0.05, 0) is 24.3 Å². The van der Waals surface area contributed by atoms with Crippen LogP contribution in [0.4, 0.5) is 5.69 Å². The van der Waals surface area contributed by atoms with Gasteiger partial charge in [-0.2, -0.15) is 5.26 Å². The van der Waals surface area contributed by atoms with Gasteiger partial charge in [0.1, 0.15) is 11.5 Å². The van der Waals surface area contributed by atoms with Gasteiger partial charge in [0.2, 0.25) is 0 Å². The summed E-state index contributed by atoms with van der Waals surface area (Å²) in [6.45, 7) is 0.314. The van der Waals surface area contributed by atoms with E-state index >= 15 is 0 Å². The molecule has 0 atom stereocenters. The molecule has 0 aliphatic heterocycles. The lowest BCUT2D eigenvalue weighted by molar-refractivity contribution is 0.416. The van der Waals surface area contributed by atoms with Crippen LogP contribution in [0.1, 0.15) is 11.1 Å². The van der Waals surface area contributed by atoms with Crippen molar-refractivity contribution < 1.29 is 9.84 Å². The van der Waals surface area contributed by atoms with Gasteiger partial charge in [-0.3, -0.25) is 0 Å². The molecule has 0 amide bonds. The SMILES string of the molecule is COc1cc(C#N)ccc1NCc1cc(Cl)cc(Cl)c1O. The Kier molecular flexibility index (Phi) is 4.79. The molecule has 0 aliphatic rings. The first kappa shape index (κ1) is 15.3. The van der Waals surface area contributed by atoms with Crippen LogP contribution in [0.3, 0.4) is 0 Å². The number of phenols is 1. The first-order valence-electron chi connectivity index (χ1n) is 6.04. The quantitative estimate of drug-likeness (QED) is 0.885. The number of rotatable bonds is 4. The van der Waals surface area contributed by atoms with Crippen molar-refractivity contribution >= 4 is 28.9 Å². The van der Waals surface area contributed by atoms with Gasteiger partial charge in [-0.1, -0.05) is 23.2 Å². The molecule has 21 heavy (non-hydrogen) atoms. The van der Waals surface area contributed by atoms with E-state index in [4.69, 9.17) is 33.2 Å². The number of ether oxygens (including phenoxy) is 1. The molecule has 0 bridgehead atoms. The molecule has 0 heterocycles. The summed E-state index contributed by atoms with van der Waals surface area (Å²) in [4.78, 5) is 0. The van der Waals surface area contributed by atoms with Crippen molar-refractivity contribution in [3.63, 3.8) is 0 Å². The van der Waals surface area contributed by atoms with Crippen molar-refractivity contribution in [2.45, 2.75) is 6.54 Å². The third-order valence-corrected chi connectivity index (χ3v) is 3.41. The zero-order chi connectivity index (χ0) is 15.4. The Morgan fingerprint density at radius 3 is 2.71 bits per heavy atom. The van der Waals surface area contributed by atoms with Crippen LogP contribution in [-0.2, 0) is 6.54 Å². The fraction of sp³-hybridized carbons (Fsp3) is 0.133. The molecule has 4 nitrogen and oxygen atoms in total. The van der Waals surface area contributed by atoms with E-state index in [-0.39, 0.29) is 10.8 Å². The lowest BCUT2D eigenvalue weighted by Gasteiger charge is -2.13. The van der Waals surface area contributed by atoms with Gasteiger partial charge in [0.25, 0.3) is 0 Å². The molecular formula is C15H12Cl2N2O2. The third-order valence-electron chi connectivity index (χ3n) is 2.91. The lowest BCUT2D eigenvalue weighted by Crippen LogP contribution is -2.02. The molecule has 2 rings (SSSR count). The van der Waals surface area contributed by atoms with E-state index in [0.717, 1.165) is 0 Å². The molecular weight excluding hydrogens is 311 g/mol. The number of benzene rings is 2. The van der Waals surface area contributed by atoms with Gasteiger partial charge in [0.15, 0.2) is 0 Å². The molecule has 6 heteroatoms. The third kappa shape index (κ3) is 3.52. The van der Waals surface area contributed by atoms with Crippen LogP contribution in [-0.4, -0.2) is 12.2 Å². The van der Waals surface area contributed by atoms with Crippen molar-refractivity contribution in [3.05, 3.63) is 51.5 Å². The van der Waals surface area contributed by atoms with Gasteiger partial charge in [-0.25, -0.2) is 0 Å². The Hall–Kier alpha value is -2.09. The minimum absolute atomic E-state index is 0.0128. The summed E-state index contributed by atoms with van der Waals surface area (Å²) in [5.74, 6) is 0.530. The summed E-state index contributed by atoms with van der Waals surface area (Å²) in [7, 11) is 1.52. The van der Waals surface area contributed by atoms with Crippen LogP contribution >= 0.6 is 23.2 Å². The van der Waals surface area contributed by atoms with E-state index in [1.54, 1.807) is 24.3 Å². The number of halogens is 2. The van der Waals surface area contributed by atoms with Crippen molar-refractivity contribution in [1.29, 1.82) is 5.26 Å². The largest absolute Gasteiger partial charge is 0.506 e. The minimum Gasteiger partial charge on any atom is -0.506 e. The van der Waals surface area contributed by atoms with Crippen molar-refractivity contribution in [2.24, 2.45) is 0 Å². The molecule has 0 radical (unpaired) electrons. The Morgan fingerprint density at radius 2 is 2.05 bits per heavy atom. The molecule has 0 saturated carbocycles. The molecule has 0 aliphatic carbocycles. The van der Waals surface area contributed by atoms with E-state index in [2.05, 4.69) is 5.32 Å². The monoisotopic (exact) mass is 322 g/mol. The molecule has 2 aromatic rings. The van der Waals surface area contributed by atoms with E-state index in [1.807, 2.05) is 6.07 Å². The molecule has 2 N–H and O–H groups in total. The number of methoxy groups -OCH3 is 1. The summed E-state index contributed by atoms with van der Waals surface area (Å²) in [5, 5.41) is 22.5. The molecule has 0 fully saturated rings. The number of nitriles is 1. The standard InChI is InChI=1S/C15H12Cl2N2O2/c1-21-14-4-9(7-18)2-3-13(14)19-8-10-5-11(16)6-12(17)15(10)20/h2-6,19-20H,8H2,1H3. The second kappa shape index (κ2) is 6.57. The lowest BCUT2D eigenvalue weighted by atomic mass is 10.1. The van der Waals surface area contributed by atoms with Crippen LogP contribution in [0.15, 0.2) is 30.3 Å². The van der Waals surface area contributed by atoms with Gasteiger partial charge in [-0.15, -0.1) is 0 Å². The minimum atomic E-state index is -0.0128. The van der Waals surface area contributed by atoms with Crippen LogP contribution in [0.5, 0.6) is 11.5 Å². The second-order valence-electron chi connectivity index (χ2n) is 4.28. The van der Waals surface area contributed by atoms with Crippen molar-refractivity contribution in [2.75, 3.05) is 12.4 Å². The summed E-state index contributed by atoms with van der Waals surface area (Å²) in [6, 6.07) is 10.2.